The van der Waals surface area contributed by atoms with Crippen molar-refractivity contribution in [2.75, 3.05) is 19.6 Å². The van der Waals surface area contributed by atoms with Gasteiger partial charge in [-0.1, -0.05) is 6.07 Å². The molecule has 24 heavy (non-hydrogen) atoms. The Bertz CT molecular complexity index is 638. The summed E-state index contributed by atoms with van der Waals surface area (Å²) in [7, 11) is -3.85. The number of sulfonamides is 1. The van der Waals surface area contributed by atoms with Crippen LogP contribution in [0.3, 0.4) is 0 Å². The highest BCUT2D eigenvalue weighted by molar-refractivity contribution is 7.89. The van der Waals surface area contributed by atoms with Gasteiger partial charge < -0.3 is 10.5 Å². The van der Waals surface area contributed by atoms with E-state index in [4.69, 9.17) is 5.73 Å². The van der Waals surface area contributed by atoms with E-state index in [0.717, 1.165) is 25.0 Å². The summed E-state index contributed by atoms with van der Waals surface area (Å²) in [6.45, 7) is 1.17. The van der Waals surface area contributed by atoms with Crippen LogP contribution in [0.5, 0.6) is 5.75 Å². The quantitative estimate of drug-likeness (QED) is 0.841. The van der Waals surface area contributed by atoms with Crippen molar-refractivity contribution in [1.29, 1.82) is 0 Å². The normalized spacial score (nSPS) is 19.6. The molecule has 0 saturated carbocycles. The predicted molar refractivity (Wildman–Crippen MR) is 85.5 cm³/mol. The molecule has 138 valence electrons. The number of benzene rings is 1. The van der Waals surface area contributed by atoms with Crippen molar-refractivity contribution in [3.8, 4) is 5.75 Å². The molecule has 1 aromatic carbocycles. The molecular weight excluding hydrogens is 369 g/mol. The van der Waals surface area contributed by atoms with E-state index in [1.54, 1.807) is 0 Å². The summed E-state index contributed by atoms with van der Waals surface area (Å²) in [6, 6.07) is 4.47. The van der Waals surface area contributed by atoms with Gasteiger partial charge in [0.25, 0.3) is 0 Å². The molecule has 1 unspecified atom stereocenters. The number of piperidine rings is 1. The monoisotopic (exact) mass is 388 g/mol. The maximum atomic E-state index is 12.6. The molecule has 5 nitrogen and oxygen atoms in total. The van der Waals surface area contributed by atoms with Gasteiger partial charge in [0.1, 0.15) is 5.75 Å². The van der Waals surface area contributed by atoms with Crippen molar-refractivity contribution < 1.29 is 26.3 Å². The minimum Gasteiger partial charge on any atom is -0.406 e. The van der Waals surface area contributed by atoms with E-state index in [1.807, 2.05) is 0 Å². The van der Waals surface area contributed by atoms with Crippen LogP contribution >= 0.6 is 12.4 Å². The van der Waals surface area contributed by atoms with Gasteiger partial charge in [-0.2, -0.15) is 4.31 Å². The molecule has 1 fully saturated rings. The van der Waals surface area contributed by atoms with Crippen LogP contribution in [0.15, 0.2) is 29.2 Å². The third-order valence-electron chi connectivity index (χ3n) is 3.73. The van der Waals surface area contributed by atoms with Crippen molar-refractivity contribution in [3.05, 3.63) is 24.3 Å². The van der Waals surface area contributed by atoms with Crippen LogP contribution in [0.2, 0.25) is 0 Å². The molecular formula is C14H20ClF3N2O3S. The van der Waals surface area contributed by atoms with Crippen LogP contribution in [-0.4, -0.2) is 38.7 Å². The van der Waals surface area contributed by atoms with E-state index in [1.165, 1.54) is 16.4 Å². The number of nitrogens with zero attached hydrogens (tertiary/aromatic N) is 1. The largest absolute Gasteiger partial charge is 0.573 e. The van der Waals surface area contributed by atoms with Crippen LogP contribution in [0.25, 0.3) is 0 Å². The lowest BCUT2D eigenvalue weighted by Gasteiger charge is -2.31. The number of rotatable bonds is 5. The highest BCUT2D eigenvalue weighted by atomic mass is 35.5. The summed E-state index contributed by atoms with van der Waals surface area (Å²) in [5.74, 6) is -0.368. The topological polar surface area (TPSA) is 72.6 Å². The summed E-state index contributed by atoms with van der Waals surface area (Å²) in [4.78, 5) is -0.201. The Morgan fingerprint density at radius 1 is 1.33 bits per heavy atom. The van der Waals surface area contributed by atoms with E-state index in [0.29, 0.717) is 26.1 Å². The lowest BCUT2D eigenvalue weighted by molar-refractivity contribution is -0.274. The number of hydrogen-bond donors (Lipinski definition) is 1. The first-order chi connectivity index (χ1) is 10.7. The summed E-state index contributed by atoms with van der Waals surface area (Å²) < 4.78 is 67.1. The van der Waals surface area contributed by atoms with Gasteiger partial charge in [-0.3, -0.25) is 0 Å². The van der Waals surface area contributed by atoms with Gasteiger partial charge in [0.15, 0.2) is 0 Å². The van der Waals surface area contributed by atoms with Gasteiger partial charge in [-0.15, -0.1) is 25.6 Å². The first-order valence-electron chi connectivity index (χ1n) is 7.28. The fraction of sp³-hybridized carbons (Fsp3) is 0.571. The highest BCUT2D eigenvalue weighted by Gasteiger charge is 2.33. The average molecular weight is 389 g/mol. The number of alkyl halides is 3. The number of ether oxygens (including phenoxy) is 1. The summed E-state index contributed by atoms with van der Waals surface area (Å²) in [5.41, 5.74) is 5.51. The molecule has 1 saturated heterocycles. The summed E-state index contributed by atoms with van der Waals surface area (Å²) in [5, 5.41) is 0. The lowest BCUT2D eigenvalue weighted by atomic mass is 9.96. The summed E-state index contributed by atoms with van der Waals surface area (Å²) >= 11 is 0. The van der Waals surface area contributed by atoms with Crippen molar-refractivity contribution in [2.24, 2.45) is 11.7 Å². The zero-order chi connectivity index (χ0) is 17.1. The first kappa shape index (κ1) is 21.0. The molecule has 0 aliphatic carbocycles. The minimum atomic E-state index is -4.86. The fourth-order valence-corrected chi connectivity index (χ4v) is 4.29. The third-order valence-corrected chi connectivity index (χ3v) is 5.59. The Morgan fingerprint density at radius 3 is 2.67 bits per heavy atom. The highest BCUT2D eigenvalue weighted by Crippen LogP contribution is 2.29. The van der Waals surface area contributed by atoms with Crippen LogP contribution in [0.1, 0.15) is 19.3 Å². The van der Waals surface area contributed by atoms with Crippen LogP contribution in [0.4, 0.5) is 13.2 Å². The molecule has 1 aliphatic heterocycles. The zero-order valence-corrected chi connectivity index (χ0v) is 14.5. The van der Waals surface area contributed by atoms with E-state index in [9.17, 15) is 21.6 Å². The van der Waals surface area contributed by atoms with Gasteiger partial charge in [-0.05, 0) is 43.9 Å². The Kier molecular flexibility index (Phi) is 7.33. The molecule has 0 amide bonds. The Balaban J connectivity index is 0.00000288. The lowest BCUT2D eigenvalue weighted by Crippen LogP contribution is -2.40. The first-order valence-corrected chi connectivity index (χ1v) is 8.72. The van der Waals surface area contributed by atoms with E-state index >= 15 is 0 Å². The molecule has 1 atom stereocenters. The van der Waals surface area contributed by atoms with Gasteiger partial charge in [-0.25, -0.2) is 8.42 Å². The van der Waals surface area contributed by atoms with Gasteiger partial charge in [0, 0.05) is 19.2 Å². The molecule has 1 heterocycles. The molecule has 0 bridgehead atoms. The van der Waals surface area contributed by atoms with Gasteiger partial charge in [0.05, 0.1) is 4.90 Å². The predicted octanol–water partition coefficient (Wildman–Crippen LogP) is 2.76. The molecule has 1 aromatic rings. The third kappa shape index (κ3) is 5.51. The second-order valence-corrected chi connectivity index (χ2v) is 7.41. The molecule has 2 N–H and O–H groups in total. The van der Waals surface area contributed by atoms with Crippen LogP contribution in [0, 0.1) is 5.92 Å². The average Bonchev–Trinajstić information content (AvgIpc) is 2.46. The van der Waals surface area contributed by atoms with Crippen LogP contribution < -0.4 is 10.5 Å². The summed E-state index contributed by atoms with van der Waals surface area (Å²) in [6.07, 6.45) is -2.52. The second kappa shape index (κ2) is 8.37. The molecule has 0 aromatic heterocycles. The molecule has 2 rings (SSSR count). The molecule has 0 radical (unpaired) electrons. The maximum absolute atomic E-state index is 12.6. The van der Waals surface area contributed by atoms with E-state index in [2.05, 4.69) is 4.74 Å². The zero-order valence-electron chi connectivity index (χ0n) is 12.8. The smallest absolute Gasteiger partial charge is 0.406 e. The maximum Gasteiger partial charge on any atom is 0.573 e. The Morgan fingerprint density at radius 2 is 2.04 bits per heavy atom. The fourth-order valence-electron chi connectivity index (χ4n) is 2.70. The van der Waals surface area contributed by atoms with Crippen molar-refractivity contribution in [2.45, 2.75) is 30.5 Å². The van der Waals surface area contributed by atoms with Gasteiger partial charge >= 0.3 is 6.36 Å². The number of hydrogen-bond acceptors (Lipinski definition) is 4. The SMILES string of the molecule is Cl.NCCC1CCCN(S(=O)(=O)c2cccc(OC(F)(F)F)c2)C1. The van der Waals surface area contributed by atoms with Crippen molar-refractivity contribution in [3.63, 3.8) is 0 Å². The van der Waals surface area contributed by atoms with E-state index < -0.39 is 22.1 Å². The van der Waals surface area contributed by atoms with Gasteiger partial charge in [0.2, 0.25) is 10.0 Å². The van der Waals surface area contributed by atoms with Crippen molar-refractivity contribution in [1.82, 2.24) is 4.31 Å². The number of nitrogens with two attached hydrogens (primary N) is 1. The Hall–Kier alpha value is -1.03. The molecule has 1 aliphatic rings. The Labute approximate surface area is 145 Å². The van der Waals surface area contributed by atoms with E-state index in [-0.39, 0.29) is 23.2 Å². The molecule has 10 heteroatoms. The minimum absolute atomic E-state index is 0. The van der Waals surface area contributed by atoms with Crippen LogP contribution in [-0.2, 0) is 10.0 Å². The number of halogens is 4. The standard InChI is InChI=1S/C14H19F3N2O3S.ClH/c15-14(16,17)22-12-4-1-5-13(9-12)23(20,21)19-8-2-3-11(10-19)6-7-18;/h1,4-5,9,11H,2-3,6-8,10,18H2;1H. The second-order valence-electron chi connectivity index (χ2n) is 5.47. The van der Waals surface area contributed by atoms with Crippen molar-refractivity contribution >= 4 is 22.4 Å². The molecule has 0 spiro atoms.